The van der Waals surface area contributed by atoms with Gasteiger partial charge in [-0.2, -0.15) is 0 Å². The van der Waals surface area contributed by atoms with Crippen molar-refractivity contribution in [1.82, 2.24) is 5.32 Å². The zero-order chi connectivity index (χ0) is 14.4. The summed E-state index contributed by atoms with van der Waals surface area (Å²) >= 11 is 3.37. The first kappa shape index (κ1) is 14.8. The lowest BCUT2D eigenvalue weighted by atomic mass is 10.1. The molecule has 1 amide bonds. The lowest BCUT2D eigenvalue weighted by Crippen LogP contribution is -2.17. The highest BCUT2D eigenvalue weighted by Crippen LogP contribution is 2.17. The van der Waals surface area contributed by atoms with Crippen LogP contribution in [0.2, 0.25) is 0 Å². The fraction of sp³-hybridized carbons (Fsp3) is 0.188. The fourth-order valence-corrected chi connectivity index (χ4v) is 2.28. The number of hydrogen-bond donors (Lipinski definition) is 2. The van der Waals surface area contributed by atoms with Gasteiger partial charge in [0, 0.05) is 22.3 Å². The SMILES string of the molecule is CCNCc1ccccc1NC(=O)c1cccc(Br)c1. The van der Waals surface area contributed by atoms with Crippen molar-refractivity contribution in [3.8, 4) is 0 Å². The molecule has 0 unspecified atom stereocenters. The molecule has 20 heavy (non-hydrogen) atoms. The number of para-hydroxylation sites is 1. The van der Waals surface area contributed by atoms with Crippen LogP contribution in [0.3, 0.4) is 0 Å². The molecule has 0 spiro atoms. The number of amides is 1. The number of nitrogens with one attached hydrogen (secondary N) is 2. The summed E-state index contributed by atoms with van der Waals surface area (Å²) in [5.41, 5.74) is 2.56. The third-order valence-electron chi connectivity index (χ3n) is 2.92. The highest BCUT2D eigenvalue weighted by molar-refractivity contribution is 9.10. The molecule has 0 aliphatic rings. The van der Waals surface area contributed by atoms with E-state index in [1.807, 2.05) is 42.5 Å². The minimum atomic E-state index is -0.102. The summed E-state index contributed by atoms with van der Waals surface area (Å²) in [6.45, 7) is 3.70. The van der Waals surface area contributed by atoms with E-state index in [-0.39, 0.29) is 5.91 Å². The summed E-state index contributed by atoms with van der Waals surface area (Å²) in [7, 11) is 0. The van der Waals surface area contributed by atoms with Crippen molar-refractivity contribution in [3.05, 3.63) is 64.1 Å². The molecule has 0 bridgehead atoms. The molecule has 0 radical (unpaired) electrons. The van der Waals surface area contributed by atoms with Crippen LogP contribution in [-0.2, 0) is 6.54 Å². The second kappa shape index (κ2) is 7.22. The Balaban J connectivity index is 2.15. The van der Waals surface area contributed by atoms with E-state index in [2.05, 4.69) is 33.5 Å². The Morgan fingerprint density at radius 3 is 2.70 bits per heavy atom. The second-order valence-corrected chi connectivity index (χ2v) is 5.32. The smallest absolute Gasteiger partial charge is 0.255 e. The molecule has 3 nitrogen and oxygen atoms in total. The van der Waals surface area contributed by atoms with Crippen LogP contribution in [0.15, 0.2) is 53.0 Å². The van der Waals surface area contributed by atoms with Gasteiger partial charge in [-0.25, -0.2) is 0 Å². The number of carbonyl (C=O) groups excluding carboxylic acids is 1. The number of anilines is 1. The lowest BCUT2D eigenvalue weighted by Gasteiger charge is -2.11. The van der Waals surface area contributed by atoms with Crippen molar-refractivity contribution in [1.29, 1.82) is 0 Å². The average molecular weight is 333 g/mol. The van der Waals surface area contributed by atoms with E-state index in [0.29, 0.717) is 5.56 Å². The van der Waals surface area contributed by atoms with Gasteiger partial charge in [-0.1, -0.05) is 47.1 Å². The number of halogens is 1. The quantitative estimate of drug-likeness (QED) is 0.874. The minimum absolute atomic E-state index is 0.102. The van der Waals surface area contributed by atoms with Crippen molar-refractivity contribution < 1.29 is 4.79 Å². The van der Waals surface area contributed by atoms with Crippen molar-refractivity contribution in [3.63, 3.8) is 0 Å². The maximum atomic E-state index is 12.2. The summed E-state index contributed by atoms with van der Waals surface area (Å²) in [6, 6.07) is 15.2. The van der Waals surface area contributed by atoms with E-state index >= 15 is 0 Å². The minimum Gasteiger partial charge on any atom is -0.322 e. The zero-order valence-corrected chi connectivity index (χ0v) is 12.9. The van der Waals surface area contributed by atoms with Gasteiger partial charge in [-0.05, 0) is 36.4 Å². The molecule has 0 aromatic heterocycles. The molecule has 0 fully saturated rings. The van der Waals surface area contributed by atoms with Crippen molar-refractivity contribution in [2.45, 2.75) is 13.5 Å². The summed E-state index contributed by atoms with van der Waals surface area (Å²) < 4.78 is 0.895. The van der Waals surface area contributed by atoms with E-state index < -0.39 is 0 Å². The van der Waals surface area contributed by atoms with Crippen LogP contribution in [-0.4, -0.2) is 12.5 Å². The van der Waals surface area contributed by atoms with Gasteiger partial charge in [-0.15, -0.1) is 0 Å². The Kier molecular flexibility index (Phi) is 5.32. The highest BCUT2D eigenvalue weighted by Gasteiger charge is 2.08. The fourth-order valence-electron chi connectivity index (χ4n) is 1.88. The third kappa shape index (κ3) is 3.92. The van der Waals surface area contributed by atoms with Crippen LogP contribution < -0.4 is 10.6 Å². The summed E-state index contributed by atoms with van der Waals surface area (Å²) in [5.74, 6) is -0.102. The monoisotopic (exact) mass is 332 g/mol. The molecular weight excluding hydrogens is 316 g/mol. The number of carbonyl (C=O) groups is 1. The normalized spacial score (nSPS) is 10.3. The Morgan fingerprint density at radius 2 is 1.95 bits per heavy atom. The van der Waals surface area contributed by atoms with Crippen LogP contribution in [0.1, 0.15) is 22.8 Å². The van der Waals surface area contributed by atoms with Crippen molar-refractivity contribution in [2.75, 3.05) is 11.9 Å². The highest BCUT2D eigenvalue weighted by atomic mass is 79.9. The van der Waals surface area contributed by atoms with Gasteiger partial charge in [0.15, 0.2) is 0 Å². The Hall–Kier alpha value is -1.65. The number of benzene rings is 2. The van der Waals surface area contributed by atoms with E-state index in [1.165, 1.54) is 0 Å². The first-order valence-electron chi connectivity index (χ1n) is 6.56. The Morgan fingerprint density at radius 1 is 1.15 bits per heavy atom. The number of rotatable bonds is 5. The summed E-state index contributed by atoms with van der Waals surface area (Å²) in [4.78, 5) is 12.2. The van der Waals surface area contributed by atoms with E-state index in [9.17, 15) is 4.79 Å². The van der Waals surface area contributed by atoms with Gasteiger partial charge in [0.1, 0.15) is 0 Å². The summed E-state index contributed by atoms with van der Waals surface area (Å²) in [6.07, 6.45) is 0. The molecule has 0 heterocycles. The van der Waals surface area contributed by atoms with Crippen molar-refractivity contribution >= 4 is 27.5 Å². The first-order valence-corrected chi connectivity index (χ1v) is 7.35. The predicted molar refractivity (Wildman–Crippen MR) is 85.9 cm³/mol. The molecule has 0 atom stereocenters. The molecule has 2 rings (SSSR count). The molecular formula is C16H17BrN2O. The third-order valence-corrected chi connectivity index (χ3v) is 3.41. The van der Waals surface area contributed by atoms with Crippen molar-refractivity contribution in [2.24, 2.45) is 0 Å². The molecule has 2 aromatic carbocycles. The van der Waals surface area contributed by atoms with Gasteiger partial charge in [0.2, 0.25) is 0 Å². The van der Waals surface area contributed by atoms with Gasteiger partial charge >= 0.3 is 0 Å². The van der Waals surface area contributed by atoms with Crippen LogP contribution in [0, 0.1) is 0 Å². The lowest BCUT2D eigenvalue weighted by molar-refractivity contribution is 0.102. The maximum absolute atomic E-state index is 12.2. The molecule has 0 saturated carbocycles. The molecule has 0 saturated heterocycles. The largest absolute Gasteiger partial charge is 0.322 e. The topological polar surface area (TPSA) is 41.1 Å². The molecule has 0 aliphatic carbocycles. The first-order chi connectivity index (χ1) is 9.70. The van der Waals surface area contributed by atoms with Gasteiger partial charge < -0.3 is 10.6 Å². The second-order valence-electron chi connectivity index (χ2n) is 4.40. The molecule has 0 aliphatic heterocycles. The van der Waals surface area contributed by atoms with Gasteiger partial charge in [0.25, 0.3) is 5.91 Å². The maximum Gasteiger partial charge on any atom is 0.255 e. The van der Waals surface area contributed by atoms with Crippen LogP contribution in [0.4, 0.5) is 5.69 Å². The van der Waals surface area contributed by atoms with Gasteiger partial charge in [-0.3, -0.25) is 4.79 Å². The van der Waals surface area contributed by atoms with E-state index in [0.717, 1.165) is 28.8 Å². The average Bonchev–Trinajstić information content (AvgIpc) is 2.46. The van der Waals surface area contributed by atoms with Crippen LogP contribution in [0.25, 0.3) is 0 Å². The molecule has 4 heteroatoms. The number of hydrogen-bond acceptors (Lipinski definition) is 2. The Labute approximate surface area is 127 Å². The molecule has 2 aromatic rings. The van der Waals surface area contributed by atoms with E-state index in [1.54, 1.807) is 6.07 Å². The standard InChI is InChI=1S/C16H17BrN2O/c1-2-18-11-13-6-3-4-9-15(13)19-16(20)12-7-5-8-14(17)10-12/h3-10,18H,2,11H2,1H3,(H,19,20). The van der Waals surface area contributed by atoms with E-state index in [4.69, 9.17) is 0 Å². The van der Waals surface area contributed by atoms with Crippen LogP contribution in [0.5, 0.6) is 0 Å². The van der Waals surface area contributed by atoms with Gasteiger partial charge in [0.05, 0.1) is 0 Å². The molecule has 2 N–H and O–H groups in total. The predicted octanol–water partition coefficient (Wildman–Crippen LogP) is 3.81. The molecule has 104 valence electrons. The summed E-state index contributed by atoms with van der Waals surface area (Å²) in [5, 5.41) is 6.23. The Bertz CT molecular complexity index is 599. The zero-order valence-electron chi connectivity index (χ0n) is 11.3. The van der Waals surface area contributed by atoms with Crippen LogP contribution >= 0.6 is 15.9 Å².